The van der Waals surface area contributed by atoms with Crippen LogP contribution in [0.2, 0.25) is 0 Å². The minimum atomic E-state index is -0.194. The van der Waals surface area contributed by atoms with Crippen LogP contribution in [-0.2, 0) is 6.42 Å². The minimum absolute atomic E-state index is 0.106. The normalized spacial score (nSPS) is 11.2. The maximum absolute atomic E-state index is 12.0. The van der Waals surface area contributed by atoms with Gasteiger partial charge in [-0.2, -0.15) is 0 Å². The van der Waals surface area contributed by atoms with E-state index < -0.39 is 0 Å². The molecule has 0 saturated heterocycles. The highest BCUT2D eigenvalue weighted by Crippen LogP contribution is 2.21. The van der Waals surface area contributed by atoms with Crippen molar-refractivity contribution >= 4 is 11.7 Å². The largest absolute Gasteiger partial charge is 0.396 e. The number of urea groups is 1. The number of benzene rings is 1. The van der Waals surface area contributed by atoms with Crippen LogP contribution >= 0.6 is 0 Å². The van der Waals surface area contributed by atoms with Gasteiger partial charge in [-0.05, 0) is 36.3 Å². The lowest BCUT2D eigenvalue weighted by atomic mass is 9.90. The molecule has 0 atom stereocenters. The Balaban J connectivity index is 2.63. The van der Waals surface area contributed by atoms with Gasteiger partial charge in [0.15, 0.2) is 0 Å². The second-order valence-corrected chi connectivity index (χ2v) is 5.91. The molecular formula is C16H26N2O2. The maximum atomic E-state index is 12.0. The average molecular weight is 278 g/mol. The van der Waals surface area contributed by atoms with E-state index in [4.69, 9.17) is 5.11 Å². The summed E-state index contributed by atoms with van der Waals surface area (Å²) in [4.78, 5) is 12.0. The van der Waals surface area contributed by atoms with Crippen molar-refractivity contribution in [3.8, 4) is 0 Å². The maximum Gasteiger partial charge on any atom is 0.319 e. The van der Waals surface area contributed by atoms with E-state index in [1.54, 1.807) is 0 Å². The zero-order valence-electron chi connectivity index (χ0n) is 12.9. The van der Waals surface area contributed by atoms with Crippen LogP contribution in [0, 0.1) is 12.3 Å². The number of aliphatic hydroxyl groups is 1. The summed E-state index contributed by atoms with van der Waals surface area (Å²) in [7, 11) is 0. The number of carbonyl (C=O) groups excluding carboxylic acids is 1. The third kappa shape index (κ3) is 4.85. The van der Waals surface area contributed by atoms with E-state index in [9.17, 15) is 4.79 Å². The summed E-state index contributed by atoms with van der Waals surface area (Å²) in [5.41, 5.74) is 2.99. The van der Waals surface area contributed by atoms with Crippen molar-refractivity contribution in [1.82, 2.24) is 5.32 Å². The molecule has 1 aromatic rings. The summed E-state index contributed by atoms with van der Waals surface area (Å²) in [5.74, 6) is 0. The van der Waals surface area contributed by atoms with Gasteiger partial charge in [-0.15, -0.1) is 0 Å². The number of para-hydroxylation sites is 1. The fraction of sp³-hybridized carbons (Fsp3) is 0.562. The van der Waals surface area contributed by atoms with Crippen LogP contribution in [0.15, 0.2) is 18.2 Å². The van der Waals surface area contributed by atoms with E-state index in [0.717, 1.165) is 23.2 Å². The molecule has 1 rings (SSSR count). The molecule has 1 aromatic carbocycles. The molecule has 0 aliphatic rings. The van der Waals surface area contributed by atoms with Crippen molar-refractivity contribution in [2.75, 3.05) is 18.5 Å². The van der Waals surface area contributed by atoms with Crippen LogP contribution in [0.5, 0.6) is 0 Å². The van der Waals surface area contributed by atoms with Crippen molar-refractivity contribution in [3.63, 3.8) is 0 Å². The number of carbonyl (C=O) groups is 1. The Bertz CT molecular complexity index is 456. The monoisotopic (exact) mass is 278 g/mol. The van der Waals surface area contributed by atoms with Crippen LogP contribution < -0.4 is 10.6 Å². The van der Waals surface area contributed by atoms with Gasteiger partial charge >= 0.3 is 6.03 Å². The summed E-state index contributed by atoms with van der Waals surface area (Å²) in [6, 6.07) is 5.82. The number of anilines is 1. The second kappa shape index (κ2) is 7.29. The van der Waals surface area contributed by atoms with Gasteiger partial charge in [-0.3, -0.25) is 0 Å². The number of aryl methyl sites for hydroxylation is 2. The standard InChI is InChI=1S/C16H26N2O2/c1-5-13-8-6-7-12(2)14(13)18-15(20)17-11-16(3,4)9-10-19/h6-8,19H,5,9-11H2,1-4H3,(H2,17,18,20). The van der Waals surface area contributed by atoms with Crippen molar-refractivity contribution in [2.45, 2.75) is 40.5 Å². The van der Waals surface area contributed by atoms with Gasteiger partial charge < -0.3 is 15.7 Å². The van der Waals surface area contributed by atoms with Gasteiger partial charge in [0, 0.05) is 18.8 Å². The molecule has 0 aliphatic heterocycles. The molecule has 4 heteroatoms. The Morgan fingerprint density at radius 1 is 1.35 bits per heavy atom. The molecule has 0 bridgehead atoms. The van der Waals surface area contributed by atoms with E-state index in [2.05, 4.69) is 17.6 Å². The van der Waals surface area contributed by atoms with Crippen molar-refractivity contribution in [1.29, 1.82) is 0 Å². The molecule has 0 aromatic heterocycles. The predicted octanol–water partition coefficient (Wildman–Crippen LogP) is 3.09. The SMILES string of the molecule is CCc1cccc(C)c1NC(=O)NCC(C)(C)CCO. The zero-order chi connectivity index (χ0) is 15.2. The lowest BCUT2D eigenvalue weighted by Crippen LogP contribution is -2.37. The first-order chi connectivity index (χ1) is 9.39. The van der Waals surface area contributed by atoms with Crippen molar-refractivity contribution < 1.29 is 9.90 Å². The van der Waals surface area contributed by atoms with E-state index >= 15 is 0 Å². The Labute approximate surface area is 121 Å². The smallest absolute Gasteiger partial charge is 0.319 e. The number of hydrogen-bond donors (Lipinski definition) is 3. The summed E-state index contributed by atoms with van der Waals surface area (Å²) >= 11 is 0. The van der Waals surface area contributed by atoms with Crippen LogP contribution in [-0.4, -0.2) is 24.3 Å². The lowest BCUT2D eigenvalue weighted by molar-refractivity contribution is 0.204. The summed E-state index contributed by atoms with van der Waals surface area (Å²) in [6.45, 7) is 8.77. The fourth-order valence-corrected chi connectivity index (χ4v) is 2.07. The van der Waals surface area contributed by atoms with Crippen molar-refractivity contribution in [2.24, 2.45) is 5.41 Å². The van der Waals surface area contributed by atoms with Crippen LogP contribution in [0.25, 0.3) is 0 Å². The quantitative estimate of drug-likeness (QED) is 0.749. The molecule has 0 radical (unpaired) electrons. The molecule has 112 valence electrons. The molecule has 3 N–H and O–H groups in total. The van der Waals surface area contributed by atoms with Gasteiger partial charge in [-0.1, -0.05) is 39.0 Å². The molecule has 2 amide bonds. The fourth-order valence-electron chi connectivity index (χ4n) is 2.07. The first-order valence-corrected chi connectivity index (χ1v) is 7.14. The molecule has 0 spiro atoms. The first-order valence-electron chi connectivity index (χ1n) is 7.14. The summed E-state index contributed by atoms with van der Waals surface area (Å²) in [6.07, 6.45) is 1.55. The number of amides is 2. The minimum Gasteiger partial charge on any atom is -0.396 e. The van der Waals surface area contributed by atoms with E-state index in [1.165, 1.54) is 0 Å². The van der Waals surface area contributed by atoms with Crippen LogP contribution in [0.4, 0.5) is 10.5 Å². The van der Waals surface area contributed by atoms with E-state index in [1.807, 2.05) is 39.0 Å². The van der Waals surface area contributed by atoms with Crippen LogP contribution in [0.3, 0.4) is 0 Å². The topological polar surface area (TPSA) is 61.4 Å². The van der Waals surface area contributed by atoms with Crippen LogP contribution in [0.1, 0.15) is 38.3 Å². The van der Waals surface area contributed by atoms with Gasteiger partial charge in [0.25, 0.3) is 0 Å². The zero-order valence-corrected chi connectivity index (χ0v) is 12.9. The number of aliphatic hydroxyl groups excluding tert-OH is 1. The van der Waals surface area contributed by atoms with Crippen molar-refractivity contribution in [3.05, 3.63) is 29.3 Å². The molecule has 0 fully saturated rings. The third-order valence-electron chi connectivity index (χ3n) is 3.49. The van der Waals surface area contributed by atoms with Gasteiger partial charge in [0.1, 0.15) is 0 Å². The lowest BCUT2D eigenvalue weighted by Gasteiger charge is -2.24. The first kappa shape index (κ1) is 16.5. The van der Waals surface area contributed by atoms with Gasteiger partial charge in [-0.25, -0.2) is 4.79 Å². The second-order valence-electron chi connectivity index (χ2n) is 5.91. The summed E-state index contributed by atoms with van der Waals surface area (Å²) < 4.78 is 0. The Hall–Kier alpha value is -1.55. The van der Waals surface area contributed by atoms with E-state index in [-0.39, 0.29) is 18.1 Å². The number of nitrogens with one attached hydrogen (secondary N) is 2. The average Bonchev–Trinajstić information content (AvgIpc) is 2.39. The molecule has 0 unspecified atom stereocenters. The van der Waals surface area contributed by atoms with E-state index in [0.29, 0.717) is 13.0 Å². The molecule has 0 aliphatic carbocycles. The predicted molar refractivity (Wildman–Crippen MR) is 83.1 cm³/mol. The molecular weight excluding hydrogens is 252 g/mol. The van der Waals surface area contributed by atoms with Gasteiger partial charge in [0.05, 0.1) is 0 Å². The summed E-state index contributed by atoms with van der Waals surface area (Å²) in [5, 5.41) is 14.8. The number of rotatable bonds is 6. The Morgan fingerprint density at radius 3 is 2.65 bits per heavy atom. The Morgan fingerprint density at radius 2 is 2.05 bits per heavy atom. The number of hydrogen-bond acceptors (Lipinski definition) is 2. The highest BCUT2D eigenvalue weighted by molar-refractivity contribution is 5.91. The molecule has 20 heavy (non-hydrogen) atoms. The molecule has 4 nitrogen and oxygen atoms in total. The van der Waals surface area contributed by atoms with Gasteiger partial charge in [0.2, 0.25) is 0 Å². The molecule has 0 heterocycles. The molecule has 0 saturated carbocycles. The highest BCUT2D eigenvalue weighted by atomic mass is 16.3. The third-order valence-corrected chi connectivity index (χ3v) is 3.49. The highest BCUT2D eigenvalue weighted by Gasteiger charge is 2.18. The Kier molecular flexibility index (Phi) is 6.02.